The van der Waals surface area contributed by atoms with E-state index in [4.69, 9.17) is 23.3 Å². The normalized spacial score (nSPS) is 30.2. The summed E-state index contributed by atoms with van der Waals surface area (Å²) in [5.74, 6) is -0.606. The number of esters is 1. The summed E-state index contributed by atoms with van der Waals surface area (Å²) in [6.45, 7) is 1.36. The largest absolute Gasteiger partial charge is 0.460 e. The van der Waals surface area contributed by atoms with Crippen molar-refractivity contribution in [2.75, 3.05) is 13.2 Å². The number of carbonyl (C=O) groups excluding carboxylic acids is 1. The molecule has 2 aromatic rings. The molecule has 3 N–H and O–H groups in total. The lowest BCUT2D eigenvalue weighted by atomic mass is 9.84. The molecule has 1 aromatic heterocycles. The first-order valence-corrected chi connectivity index (χ1v) is 16.2. The average molecular weight is 640 g/mol. The molecule has 3 heterocycles. The van der Waals surface area contributed by atoms with Gasteiger partial charge in [0.05, 0.1) is 13.2 Å². The van der Waals surface area contributed by atoms with Gasteiger partial charge in [0.1, 0.15) is 36.2 Å². The number of aliphatic hydroxyl groups excluding tert-OH is 1. The number of benzene rings is 1. The Morgan fingerprint density at radius 1 is 1.18 bits per heavy atom. The molecule has 6 rings (SSSR count). The minimum Gasteiger partial charge on any atom is -0.460 e. The SMILES string of the molecule is C[C@H](NP(=O)(OC[C@H]1O[C@@H](n2ccc(=O)[nH]c2=O)[C@@]2(CCO2)[C@@H]1O)OC1=CC=CC2C=CC=CC12)C(=O)OCc1ccccc1. The molecule has 13 nitrogen and oxygen atoms in total. The van der Waals surface area contributed by atoms with Crippen molar-refractivity contribution in [2.24, 2.45) is 11.8 Å². The number of allylic oxidation sites excluding steroid dienone is 7. The molecule has 0 radical (unpaired) electrons. The van der Waals surface area contributed by atoms with E-state index in [1.54, 1.807) is 12.2 Å². The summed E-state index contributed by atoms with van der Waals surface area (Å²) in [6, 6.07) is 9.17. The fourth-order valence-corrected chi connectivity index (χ4v) is 7.31. The second-order valence-electron chi connectivity index (χ2n) is 11.2. The number of aromatic nitrogens is 2. The van der Waals surface area contributed by atoms with Crippen LogP contribution < -0.4 is 16.3 Å². The van der Waals surface area contributed by atoms with Gasteiger partial charge in [0.2, 0.25) is 0 Å². The lowest BCUT2D eigenvalue weighted by Gasteiger charge is -2.44. The molecular weight excluding hydrogens is 605 g/mol. The van der Waals surface area contributed by atoms with Gasteiger partial charge in [0.25, 0.3) is 5.56 Å². The Labute approximate surface area is 258 Å². The summed E-state index contributed by atoms with van der Waals surface area (Å²) in [5.41, 5.74) is -1.83. The van der Waals surface area contributed by atoms with Gasteiger partial charge in [-0.25, -0.2) is 9.36 Å². The van der Waals surface area contributed by atoms with Crippen molar-refractivity contribution < 1.29 is 37.7 Å². The van der Waals surface area contributed by atoms with Gasteiger partial charge >= 0.3 is 19.4 Å². The zero-order chi connectivity index (χ0) is 31.6. The molecule has 45 heavy (non-hydrogen) atoms. The molecule has 238 valence electrons. The van der Waals surface area contributed by atoms with E-state index in [-0.39, 0.29) is 18.4 Å². The standard InChI is InChI=1S/C31H34N3O10P/c1-20(28(37)40-18-21-8-3-2-4-9-21)33-45(39,44-24-13-7-11-22-10-5-6-12-23(22)24)42-19-25-27(36)31(15-17-41-31)29(43-25)34-16-14-26(35)32-30(34)38/h2-14,16,20,22-23,25,27,29,36H,15,17-19H2,1H3,(H,33,39)(H,32,35,38)/t20-,22?,23?,25+,27+,29+,31+,45?/m0/s1. The average Bonchev–Trinajstić information content (AvgIpc) is 3.31. The van der Waals surface area contributed by atoms with Crippen molar-refractivity contribution in [2.45, 2.75) is 50.0 Å². The van der Waals surface area contributed by atoms with Crippen molar-refractivity contribution in [3.63, 3.8) is 0 Å². The Balaban J connectivity index is 1.20. The van der Waals surface area contributed by atoms with E-state index in [0.29, 0.717) is 18.8 Å². The van der Waals surface area contributed by atoms with Crippen LogP contribution in [-0.2, 0) is 39.2 Å². The van der Waals surface area contributed by atoms with Crippen molar-refractivity contribution in [1.82, 2.24) is 14.6 Å². The van der Waals surface area contributed by atoms with Crippen LogP contribution in [0.15, 0.2) is 100 Å². The number of hydrogen-bond acceptors (Lipinski definition) is 10. The molecule has 0 bridgehead atoms. The lowest BCUT2D eigenvalue weighted by Crippen LogP contribution is -2.57. The van der Waals surface area contributed by atoms with Gasteiger partial charge in [0, 0.05) is 30.5 Å². The Morgan fingerprint density at radius 2 is 1.93 bits per heavy atom. The van der Waals surface area contributed by atoms with Crippen molar-refractivity contribution >= 4 is 13.7 Å². The monoisotopic (exact) mass is 639 g/mol. The van der Waals surface area contributed by atoms with Crippen molar-refractivity contribution in [3.05, 3.63) is 117 Å². The molecular formula is C31H34N3O10P. The molecule has 14 heteroatoms. The molecule has 3 unspecified atom stereocenters. The smallest absolute Gasteiger partial charge is 0.459 e. The Bertz CT molecular complexity index is 1690. The second-order valence-corrected chi connectivity index (χ2v) is 12.9. The van der Waals surface area contributed by atoms with Crippen molar-refractivity contribution in [3.8, 4) is 0 Å². The summed E-state index contributed by atoms with van der Waals surface area (Å²) >= 11 is 0. The first kappa shape index (κ1) is 31.2. The number of nitrogens with zero attached hydrogens (tertiary/aromatic N) is 1. The summed E-state index contributed by atoms with van der Waals surface area (Å²) in [5, 5.41) is 14.0. The number of aromatic amines is 1. The summed E-state index contributed by atoms with van der Waals surface area (Å²) in [7, 11) is -4.33. The molecule has 4 aliphatic rings. The zero-order valence-corrected chi connectivity index (χ0v) is 25.3. The first-order chi connectivity index (χ1) is 21.7. The van der Waals surface area contributed by atoms with E-state index in [1.807, 2.05) is 60.7 Å². The number of nitrogens with one attached hydrogen (secondary N) is 2. The number of hydrogen-bond donors (Lipinski definition) is 3. The van der Waals surface area contributed by atoms with E-state index < -0.39 is 61.7 Å². The third kappa shape index (κ3) is 6.46. The Morgan fingerprint density at radius 3 is 2.67 bits per heavy atom. The Kier molecular flexibility index (Phi) is 8.91. The van der Waals surface area contributed by atoms with Gasteiger partial charge in [-0.2, -0.15) is 5.09 Å². The maximum atomic E-state index is 14.4. The predicted molar refractivity (Wildman–Crippen MR) is 161 cm³/mol. The molecule has 1 spiro atoms. The fourth-order valence-electron chi connectivity index (χ4n) is 5.74. The number of H-pyrrole nitrogens is 1. The highest BCUT2D eigenvalue weighted by Crippen LogP contribution is 2.52. The third-order valence-corrected chi connectivity index (χ3v) is 9.85. The van der Waals surface area contributed by atoms with E-state index in [9.17, 15) is 24.1 Å². The van der Waals surface area contributed by atoms with Gasteiger partial charge in [-0.3, -0.25) is 23.7 Å². The minimum atomic E-state index is -4.33. The van der Waals surface area contributed by atoms with Gasteiger partial charge in [-0.05, 0) is 18.6 Å². The quantitative estimate of drug-likeness (QED) is 0.244. The highest BCUT2D eigenvalue weighted by molar-refractivity contribution is 7.51. The lowest BCUT2D eigenvalue weighted by molar-refractivity contribution is -0.227. The van der Waals surface area contributed by atoms with Crippen LogP contribution in [0.2, 0.25) is 0 Å². The topological polar surface area (TPSA) is 167 Å². The zero-order valence-electron chi connectivity index (χ0n) is 24.4. The summed E-state index contributed by atoms with van der Waals surface area (Å²) in [6.07, 6.45) is 11.3. The van der Waals surface area contributed by atoms with Crippen LogP contribution in [0.1, 0.15) is 25.1 Å². The van der Waals surface area contributed by atoms with Gasteiger partial charge < -0.3 is 23.8 Å². The number of aliphatic hydroxyl groups is 1. The van der Waals surface area contributed by atoms with Crippen LogP contribution in [-0.4, -0.2) is 57.7 Å². The van der Waals surface area contributed by atoms with Crippen LogP contribution in [0, 0.1) is 11.8 Å². The fraction of sp³-hybridized carbons (Fsp3) is 0.387. The minimum absolute atomic E-state index is 0.0181. The van der Waals surface area contributed by atoms with Crippen LogP contribution in [0.4, 0.5) is 0 Å². The van der Waals surface area contributed by atoms with Crippen LogP contribution in [0.5, 0.6) is 0 Å². The van der Waals surface area contributed by atoms with Crippen LogP contribution in [0.3, 0.4) is 0 Å². The van der Waals surface area contributed by atoms with E-state index in [0.717, 1.165) is 16.2 Å². The number of fused-ring (bicyclic) bond motifs is 1. The molecule has 0 amide bonds. The molecule has 8 atom stereocenters. The maximum Gasteiger partial charge on any atom is 0.459 e. The number of carbonyl (C=O) groups is 1. The molecule has 1 aromatic carbocycles. The second kappa shape index (κ2) is 12.9. The van der Waals surface area contributed by atoms with Crippen molar-refractivity contribution in [1.29, 1.82) is 0 Å². The maximum absolute atomic E-state index is 14.4. The highest BCUT2D eigenvalue weighted by Gasteiger charge is 2.62. The van der Waals surface area contributed by atoms with Gasteiger partial charge in [-0.15, -0.1) is 0 Å². The van der Waals surface area contributed by atoms with Gasteiger partial charge in [-0.1, -0.05) is 66.8 Å². The molecule has 2 saturated heterocycles. The third-order valence-electron chi connectivity index (χ3n) is 8.21. The molecule has 2 aliphatic heterocycles. The highest BCUT2D eigenvalue weighted by atomic mass is 31.2. The Hall–Kier alpha value is -3.84. The molecule has 0 saturated carbocycles. The van der Waals surface area contributed by atoms with E-state index >= 15 is 0 Å². The van der Waals surface area contributed by atoms with E-state index in [2.05, 4.69) is 10.1 Å². The van der Waals surface area contributed by atoms with Gasteiger partial charge in [0.15, 0.2) is 6.23 Å². The number of ether oxygens (including phenoxy) is 3. The summed E-state index contributed by atoms with van der Waals surface area (Å²) in [4.78, 5) is 39.3. The summed E-state index contributed by atoms with van der Waals surface area (Å²) < 4.78 is 44.6. The van der Waals surface area contributed by atoms with E-state index in [1.165, 1.54) is 13.1 Å². The van der Waals surface area contributed by atoms with Crippen LogP contribution >= 0.6 is 7.75 Å². The molecule has 2 fully saturated rings. The number of rotatable bonds is 11. The molecule has 2 aliphatic carbocycles. The van der Waals surface area contributed by atoms with Crippen LogP contribution in [0.25, 0.3) is 0 Å². The first-order valence-electron chi connectivity index (χ1n) is 14.6. The predicted octanol–water partition coefficient (Wildman–Crippen LogP) is 2.63.